The van der Waals surface area contributed by atoms with Crippen LogP contribution in [0.1, 0.15) is 49.2 Å². The molecule has 0 spiro atoms. The highest BCUT2D eigenvalue weighted by Gasteiger charge is 2.52. The monoisotopic (exact) mass is 435 g/mol. The lowest BCUT2D eigenvalue weighted by atomic mass is 9.77. The van der Waals surface area contributed by atoms with Crippen LogP contribution < -0.4 is 10.8 Å². The van der Waals surface area contributed by atoms with Gasteiger partial charge in [-0.1, -0.05) is 12.1 Å². The van der Waals surface area contributed by atoms with Crippen molar-refractivity contribution in [2.45, 2.75) is 51.6 Å². The van der Waals surface area contributed by atoms with E-state index < -0.39 is 36.0 Å². The highest BCUT2D eigenvalue weighted by molar-refractivity contribution is 6.64. The first-order chi connectivity index (χ1) is 14.3. The van der Waals surface area contributed by atoms with E-state index in [2.05, 4.69) is 5.32 Å². The number of halogens is 3. The van der Waals surface area contributed by atoms with Crippen LogP contribution in [0.5, 0.6) is 0 Å². The maximum absolute atomic E-state index is 12.8. The van der Waals surface area contributed by atoms with Crippen molar-refractivity contribution >= 4 is 24.2 Å². The summed E-state index contributed by atoms with van der Waals surface area (Å²) in [4.78, 5) is 12.0. The van der Waals surface area contributed by atoms with Gasteiger partial charge in [0.15, 0.2) is 0 Å². The lowest BCUT2D eigenvalue weighted by Gasteiger charge is -2.32. The van der Waals surface area contributed by atoms with Crippen LogP contribution in [0.25, 0.3) is 0 Å². The quantitative estimate of drug-likeness (QED) is 0.558. The average Bonchev–Trinajstić information content (AvgIpc) is 2.92. The fourth-order valence-corrected chi connectivity index (χ4v) is 3.14. The van der Waals surface area contributed by atoms with Gasteiger partial charge in [0.1, 0.15) is 0 Å². The Hall–Kier alpha value is -2.52. The third kappa shape index (κ3) is 4.88. The highest BCUT2D eigenvalue weighted by atomic mass is 19.4. The molecule has 1 heterocycles. The number of esters is 1. The van der Waals surface area contributed by atoms with Gasteiger partial charge in [-0.2, -0.15) is 13.2 Å². The molecule has 0 aliphatic carbocycles. The summed E-state index contributed by atoms with van der Waals surface area (Å²) in [6.07, 6.45) is -4.38. The van der Waals surface area contributed by atoms with Crippen LogP contribution in [0.15, 0.2) is 42.5 Å². The van der Waals surface area contributed by atoms with Gasteiger partial charge in [-0.3, -0.25) is 0 Å². The van der Waals surface area contributed by atoms with Gasteiger partial charge in [-0.15, -0.1) is 0 Å². The van der Waals surface area contributed by atoms with Crippen molar-refractivity contribution in [3.8, 4) is 0 Å². The second kappa shape index (κ2) is 8.20. The van der Waals surface area contributed by atoms with E-state index in [0.717, 1.165) is 12.1 Å². The summed E-state index contributed by atoms with van der Waals surface area (Å²) in [5.74, 6) is -0.493. The van der Waals surface area contributed by atoms with Crippen LogP contribution >= 0.6 is 0 Å². The Labute approximate surface area is 180 Å². The zero-order valence-corrected chi connectivity index (χ0v) is 18.1. The van der Waals surface area contributed by atoms with E-state index in [4.69, 9.17) is 14.0 Å². The standard InChI is InChI=1S/C22H25BF3NO4/c1-20(2)21(3,4)31-23(30-20)17-12-15(19(28)29-5)8-11-18(17)27-13-14-6-9-16(10-7-14)22(24,25)26/h6-12,27H,13H2,1-5H3. The van der Waals surface area contributed by atoms with E-state index in [9.17, 15) is 18.0 Å². The highest BCUT2D eigenvalue weighted by Crippen LogP contribution is 2.37. The van der Waals surface area contributed by atoms with Gasteiger partial charge < -0.3 is 19.4 Å². The molecule has 166 valence electrons. The molecule has 3 rings (SSSR count). The SMILES string of the molecule is COC(=O)c1ccc(NCc2ccc(C(F)(F)F)cc2)c(B2OC(C)(C)C(C)(C)O2)c1. The lowest BCUT2D eigenvalue weighted by molar-refractivity contribution is -0.137. The number of methoxy groups -OCH3 is 1. The van der Waals surface area contributed by atoms with E-state index in [-0.39, 0.29) is 6.54 Å². The van der Waals surface area contributed by atoms with E-state index in [1.165, 1.54) is 19.2 Å². The Morgan fingerprint density at radius 3 is 2.13 bits per heavy atom. The molecule has 1 saturated heterocycles. The number of anilines is 1. The summed E-state index contributed by atoms with van der Waals surface area (Å²) in [7, 11) is 0.567. The van der Waals surface area contributed by atoms with Crippen molar-refractivity contribution in [1.29, 1.82) is 0 Å². The van der Waals surface area contributed by atoms with Crippen LogP contribution in [0, 0.1) is 0 Å². The smallest absolute Gasteiger partial charge is 0.465 e. The number of alkyl halides is 3. The first kappa shape index (κ1) is 23.2. The molecule has 31 heavy (non-hydrogen) atoms. The lowest BCUT2D eigenvalue weighted by Crippen LogP contribution is -2.41. The second-order valence-electron chi connectivity index (χ2n) is 8.43. The summed E-state index contributed by atoms with van der Waals surface area (Å²) >= 11 is 0. The van der Waals surface area contributed by atoms with E-state index in [1.54, 1.807) is 18.2 Å². The summed E-state index contributed by atoms with van der Waals surface area (Å²) in [6, 6.07) is 9.90. The number of carbonyl (C=O) groups excluding carboxylic acids is 1. The Balaban J connectivity index is 1.87. The van der Waals surface area contributed by atoms with E-state index >= 15 is 0 Å². The number of hydrogen-bond donors (Lipinski definition) is 1. The molecule has 9 heteroatoms. The van der Waals surface area contributed by atoms with Crippen molar-refractivity contribution < 1.29 is 32.0 Å². The predicted molar refractivity (Wildman–Crippen MR) is 112 cm³/mol. The van der Waals surface area contributed by atoms with Crippen LogP contribution in [-0.2, 0) is 26.8 Å². The molecule has 1 aliphatic heterocycles. The van der Waals surface area contributed by atoms with Crippen molar-refractivity contribution in [1.82, 2.24) is 0 Å². The second-order valence-corrected chi connectivity index (χ2v) is 8.43. The molecule has 0 amide bonds. The number of hydrogen-bond acceptors (Lipinski definition) is 5. The van der Waals surface area contributed by atoms with Crippen LogP contribution in [-0.4, -0.2) is 31.4 Å². The molecule has 0 unspecified atom stereocenters. The molecule has 0 saturated carbocycles. The number of rotatable bonds is 5. The predicted octanol–water partition coefficient (Wildman–Crippen LogP) is 4.40. The van der Waals surface area contributed by atoms with Gasteiger partial charge in [-0.05, 0) is 63.6 Å². The third-order valence-electron chi connectivity index (χ3n) is 5.74. The fraction of sp³-hybridized carbons (Fsp3) is 0.409. The molecule has 0 bridgehead atoms. The largest absolute Gasteiger partial charge is 0.496 e. The van der Waals surface area contributed by atoms with E-state index in [0.29, 0.717) is 22.3 Å². The minimum Gasteiger partial charge on any atom is -0.465 e. The molecule has 0 atom stereocenters. The number of nitrogens with one attached hydrogen (secondary N) is 1. The molecule has 2 aromatic rings. The summed E-state index contributed by atoms with van der Waals surface area (Å²) in [5.41, 5.74) is 0.404. The number of benzene rings is 2. The summed E-state index contributed by atoms with van der Waals surface area (Å²) in [5, 5.41) is 3.21. The normalized spacial score (nSPS) is 17.5. The molecule has 1 N–H and O–H groups in total. The Morgan fingerprint density at radius 2 is 1.61 bits per heavy atom. The minimum absolute atomic E-state index is 0.280. The van der Waals surface area contributed by atoms with Gasteiger partial charge in [0.05, 0.1) is 29.4 Å². The molecule has 1 aliphatic rings. The number of ether oxygens (including phenoxy) is 1. The van der Waals surface area contributed by atoms with Gasteiger partial charge in [0.2, 0.25) is 0 Å². The first-order valence-electron chi connectivity index (χ1n) is 9.82. The minimum atomic E-state index is -4.38. The Bertz CT molecular complexity index is 942. The molecule has 1 fully saturated rings. The van der Waals surface area contributed by atoms with Crippen LogP contribution in [0.3, 0.4) is 0 Å². The number of carbonyl (C=O) groups is 1. The molecular formula is C22H25BF3NO4. The summed E-state index contributed by atoms with van der Waals surface area (Å²) < 4.78 is 55.4. The molecular weight excluding hydrogens is 410 g/mol. The summed E-state index contributed by atoms with van der Waals surface area (Å²) in [6.45, 7) is 7.97. The maximum Gasteiger partial charge on any atom is 0.496 e. The maximum atomic E-state index is 12.8. The zero-order valence-electron chi connectivity index (χ0n) is 18.1. The Kier molecular flexibility index (Phi) is 6.13. The van der Waals surface area contributed by atoms with E-state index in [1.807, 2.05) is 27.7 Å². The Morgan fingerprint density at radius 1 is 1.03 bits per heavy atom. The topological polar surface area (TPSA) is 56.8 Å². The first-order valence-corrected chi connectivity index (χ1v) is 9.82. The molecule has 0 radical (unpaired) electrons. The van der Waals surface area contributed by atoms with Crippen molar-refractivity contribution in [3.63, 3.8) is 0 Å². The molecule has 2 aromatic carbocycles. The third-order valence-corrected chi connectivity index (χ3v) is 5.74. The van der Waals surface area contributed by atoms with Gasteiger partial charge in [0.25, 0.3) is 0 Å². The molecule has 5 nitrogen and oxygen atoms in total. The average molecular weight is 435 g/mol. The van der Waals surface area contributed by atoms with Crippen LogP contribution in [0.4, 0.5) is 18.9 Å². The van der Waals surface area contributed by atoms with Crippen molar-refractivity contribution in [2.24, 2.45) is 0 Å². The molecule has 0 aromatic heterocycles. The van der Waals surface area contributed by atoms with Crippen molar-refractivity contribution in [3.05, 3.63) is 59.2 Å². The van der Waals surface area contributed by atoms with Gasteiger partial charge in [0, 0.05) is 17.7 Å². The van der Waals surface area contributed by atoms with Crippen LogP contribution in [0.2, 0.25) is 0 Å². The zero-order chi connectivity index (χ0) is 23.0. The van der Waals surface area contributed by atoms with Gasteiger partial charge >= 0.3 is 19.3 Å². The van der Waals surface area contributed by atoms with Gasteiger partial charge in [-0.25, -0.2) is 4.79 Å². The van der Waals surface area contributed by atoms with Crippen molar-refractivity contribution in [2.75, 3.05) is 12.4 Å². The fourth-order valence-electron chi connectivity index (χ4n) is 3.14.